The van der Waals surface area contributed by atoms with Crippen molar-refractivity contribution in [2.45, 2.75) is 38.8 Å². The van der Waals surface area contributed by atoms with Crippen LogP contribution in [0.1, 0.15) is 53.1 Å². The Morgan fingerprint density at radius 3 is 2.95 bits per heavy atom. The van der Waals surface area contributed by atoms with Crippen LogP contribution in [0.2, 0.25) is 0 Å². The monoisotopic (exact) mass is 298 g/mol. The highest BCUT2D eigenvalue weighted by molar-refractivity contribution is 5.94. The van der Waals surface area contributed by atoms with Gasteiger partial charge >= 0.3 is 0 Å². The lowest BCUT2D eigenvalue weighted by molar-refractivity contribution is 0.0928. The lowest BCUT2D eigenvalue weighted by Crippen LogP contribution is -2.31. The average molecular weight is 298 g/mol. The van der Waals surface area contributed by atoms with Gasteiger partial charge in [-0.1, -0.05) is 43.7 Å². The molecule has 2 heterocycles. The second-order valence-corrected chi connectivity index (χ2v) is 5.68. The molecule has 1 aliphatic rings. The molecule has 1 amide bonds. The van der Waals surface area contributed by atoms with Crippen LogP contribution in [-0.4, -0.2) is 22.6 Å². The highest BCUT2D eigenvalue weighted by Crippen LogP contribution is 2.20. The number of H-pyrrole nitrogens is 1. The summed E-state index contributed by atoms with van der Waals surface area (Å²) in [5, 5.41) is 13.7. The van der Waals surface area contributed by atoms with Crippen molar-refractivity contribution < 1.29 is 4.79 Å². The molecule has 116 valence electrons. The number of nitrogens with zero attached hydrogens (tertiary/aromatic N) is 1. The first kappa shape index (κ1) is 14.8. The topological polar surface area (TPSA) is 69.8 Å². The number of rotatable bonds is 5. The van der Waals surface area contributed by atoms with Gasteiger partial charge in [0.15, 0.2) is 5.69 Å². The van der Waals surface area contributed by atoms with Gasteiger partial charge in [-0.05, 0) is 12.0 Å². The summed E-state index contributed by atoms with van der Waals surface area (Å²) in [4.78, 5) is 12.6. The summed E-state index contributed by atoms with van der Waals surface area (Å²) in [6.07, 6.45) is 2.83. The maximum absolute atomic E-state index is 12.6. The molecule has 0 spiro atoms. The maximum Gasteiger partial charge on any atom is 0.272 e. The van der Waals surface area contributed by atoms with E-state index in [1.165, 1.54) is 0 Å². The molecule has 0 saturated heterocycles. The second-order valence-electron chi connectivity index (χ2n) is 5.68. The lowest BCUT2D eigenvalue weighted by Gasteiger charge is -2.19. The molecule has 1 aliphatic heterocycles. The highest BCUT2D eigenvalue weighted by Gasteiger charge is 2.23. The summed E-state index contributed by atoms with van der Waals surface area (Å²) in [6, 6.07) is 10.1. The number of amides is 1. The first-order chi connectivity index (χ1) is 10.8. The zero-order valence-electron chi connectivity index (χ0n) is 12.9. The van der Waals surface area contributed by atoms with E-state index in [0.717, 1.165) is 42.6 Å². The number of hydrogen-bond acceptors (Lipinski definition) is 3. The third kappa shape index (κ3) is 3.04. The van der Waals surface area contributed by atoms with Gasteiger partial charge in [0.25, 0.3) is 5.91 Å². The predicted octanol–water partition coefficient (Wildman–Crippen LogP) is 2.33. The molecule has 1 atom stereocenters. The fourth-order valence-electron chi connectivity index (χ4n) is 2.94. The smallest absolute Gasteiger partial charge is 0.272 e. The Bertz CT molecular complexity index is 635. The van der Waals surface area contributed by atoms with Crippen LogP contribution >= 0.6 is 0 Å². The fourth-order valence-corrected chi connectivity index (χ4v) is 2.94. The van der Waals surface area contributed by atoms with Gasteiger partial charge in [-0.2, -0.15) is 5.10 Å². The van der Waals surface area contributed by atoms with Crippen LogP contribution in [-0.2, 0) is 13.0 Å². The van der Waals surface area contributed by atoms with Crippen molar-refractivity contribution in [1.82, 2.24) is 20.8 Å². The number of hydrogen-bond donors (Lipinski definition) is 3. The third-order valence-corrected chi connectivity index (χ3v) is 4.11. The number of benzene rings is 1. The number of aromatic nitrogens is 2. The van der Waals surface area contributed by atoms with Crippen LogP contribution in [0.5, 0.6) is 0 Å². The molecule has 0 saturated carbocycles. The van der Waals surface area contributed by atoms with Gasteiger partial charge < -0.3 is 10.6 Å². The van der Waals surface area contributed by atoms with Crippen molar-refractivity contribution in [2.75, 3.05) is 6.54 Å². The minimum atomic E-state index is -0.0940. The van der Waals surface area contributed by atoms with Crippen molar-refractivity contribution in [3.8, 4) is 0 Å². The van der Waals surface area contributed by atoms with Crippen LogP contribution in [0.3, 0.4) is 0 Å². The summed E-state index contributed by atoms with van der Waals surface area (Å²) in [5.41, 5.74) is 3.75. The van der Waals surface area contributed by atoms with Gasteiger partial charge in [-0.15, -0.1) is 0 Å². The second kappa shape index (κ2) is 6.75. The minimum absolute atomic E-state index is 0.0302. The molecule has 0 fully saturated rings. The van der Waals surface area contributed by atoms with E-state index in [9.17, 15) is 4.79 Å². The first-order valence-electron chi connectivity index (χ1n) is 7.92. The van der Waals surface area contributed by atoms with E-state index < -0.39 is 0 Å². The Kier molecular flexibility index (Phi) is 4.53. The predicted molar refractivity (Wildman–Crippen MR) is 85.6 cm³/mol. The number of carbonyl (C=O) groups excluding carboxylic acids is 1. The van der Waals surface area contributed by atoms with E-state index in [0.29, 0.717) is 12.2 Å². The molecule has 22 heavy (non-hydrogen) atoms. The molecule has 3 rings (SSSR count). The fraction of sp³-hybridized carbons (Fsp3) is 0.412. The largest absolute Gasteiger partial charge is 0.344 e. The average Bonchev–Trinajstić information content (AvgIpc) is 2.99. The van der Waals surface area contributed by atoms with Crippen molar-refractivity contribution in [3.05, 3.63) is 52.8 Å². The molecule has 0 radical (unpaired) electrons. The van der Waals surface area contributed by atoms with E-state index >= 15 is 0 Å². The number of nitrogens with one attached hydrogen (secondary N) is 3. The van der Waals surface area contributed by atoms with Gasteiger partial charge in [0.05, 0.1) is 6.04 Å². The lowest BCUT2D eigenvalue weighted by atomic mass is 10.0. The third-order valence-electron chi connectivity index (χ3n) is 4.11. The molecule has 0 bridgehead atoms. The normalized spacial score (nSPS) is 15.1. The van der Waals surface area contributed by atoms with Gasteiger partial charge in [-0.25, -0.2) is 0 Å². The molecule has 5 heteroatoms. The standard InChI is InChI=1S/C17H22N4O/c1-2-6-14(12-7-4-3-5-8-12)19-17(22)16-13-11-18-10-9-15(13)20-21-16/h3-5,7-8,14,18H,2,6,9-11H2,1H3,(H,19,22)(H,20,21). The Morgan fingerprint density at radius 2 is 2.18 bits per heavy atom. The summed E-state index contributed by atoms with van der Waals surface area (Å²) in [7, 11) is 0. The maximum atomic E-state index is 12.6. The molecule has 1 aromatic heterocycles. The molecular weight excluding hydrogens is 276 g/mol. The zero-order chi connectivity index (χ0) is 15.4. The Balaban J connectivity index is 1.78. The van der Waals surface area contributed by atoms with Crippen LogP contribution in [0.15, 0.2) is 30.3 Å². The molecule has 5 nitrogen and oxygen atoms in total. The quantitative estimate of drug-likeness (QED) is 0.793. The molecule has 1 aromatic carbocycles. The van der Waals surface area contributed by atoms with Crippen molar-refractivity contribution >= 4 is 5.91 Å². The van der Waals surface area contributed by atoms with Gasteiger partial charge in [0.1, 0.15) is 0 Å². The minimum Gasteiger partial charge on any atom is -0.344 e. The van der Waals surface area contributed by atoms with Crippen molar-refractivity contribution in [1.29, 1.82) is 0 Å². The summed E-state index contributed by atoms with van der Waals surface area (Å²) in [5.74, 6) is -0.0940. The van der Waals surface area contributed by atoms with Gasteiger partial charge in [-0.3, -0.25) is 9.89 Å². The van der Waals surface area contributed by atoms with E-state index in [-0.39, 0.29) is 11.9 Å². The van der Waals surface area contributed by atoms with Crippen LogP contribution in [0, 0.1) is 0 Å². The molecule has 1 unspecified atom stereocenters. The van der Waals surface area contributed by atoms with Crippen LogP contribution < -0.4 is 10.6 Å². The SMILES string of the molecule is CCCC(NC(=O)c1n[nH]c2c1CNCC2)c1ccccc1. The summed E-state index contributed by atoms with van der Waals surface area (Å²) < 4.78 is 0. The van der Waals surface area contributed by atoms with E-state index in [1.54, 1.807) is 0 Å². The Morgan fingerprint density at radius 1 is 1.36 bits per heavy atom. The zero-order valence-corrected chi connectivity index (χ0v) is 12.9. The molecular formula is C17H22N4O. The van der Waals surface area contributed by atoms with Crippen LogP contribution in [0.4, 0.5) is 0 Å². The Labute approximate surface area is 130 Å². The van der Waals surface area contributed by atoms with Gasteiger partial charge in [0, 0.05) is 30.8 Å². The van der Waals surface area contributed by atoms with E-state index in [4.69, 9.17) is 0 Å². The summed E-state index contributed by atoms with van der Waals surface area (Å²) in [6.45, 7) is 3.76. The number of carbonyl (C=O) groups is 1. The Hall–Kier alpha value is -2.14. The highest BCUT2D eigenvalue weighted by atomic mass is 16.2. The van der Waals surface area contributed by atoms with E-state index in [2.05, 4.69) is 39.9 Å². The molecule has 2 aromatic rings. The van der Waals surface area contributed by atoms with Crippen molar-refractivity contribution in [2.24, 2.45) is 0 Å². The van der Waals surface area contributed by atoms with E-state index in [1.807, 2.05) is 18.2 Å². The number of aromatic amines is 1. The van der Waals surface area contributed by atoms with Crippen LogP contribution in [0.25, 0.3) is 0 Å². The van der Waals surface area contributed by atoms with Crippen molar-refractivity contribution in [3.63, 3.8) is 0 Å². The van der Waals surface area contributed by atoms with Gasteiger partial charge in [0.2, 0.25) is 0 Å². The number of fused-ring (bicyclic) bond motifs is 1. The molecule has 0 aliphatic carbocycles. The molecule has 3 N–H and O–H groups in total. The first-order valence-corrected chi connectivity index (χ1v) is 7.92. The summed E-state index contributed by atoms with van der Waals surface area (Å²) >= 11 is 0.